The molecule has 3 aromatic heterocycles. The Balaban J connectivity index is 0.000000451. The molecule has 7 N–H and O–H groups in total. The third-order valence-electron chi connectivity index (χ3n) is 13.6. The Hall–Kier alpha value is 0.760. The van der Waals surface area contributed by atoms with Gasteiger partial charge in [0, 0.05) is 42.7 Å². The van der Waals surface area contributed by atoms with Crippen LogP contribution in [0.2, 0.25) is 0 Å². The molecule has 3 aliphatic heterocycles. The molecule has 4 aromatic rings. The van der Waals surface area contributed by atoms with Crippen molar-refractivity contribution in [3.05, 3.63) is 168 Å². The van der Waals surface area contributed by atoms with E-state index >= 15 is 4.39 Å². The van der Waals surface area contributed by atoms with Crippen molar-refractivity contribution in [3.8, 4) is 5.75 Å². The summed E-state index contributed by atoms with van der Waals surface area (Å²) in [5, 5.41) is 32.1. The van der Waals surface area contributed by atoms with Crippen LogP contribution in [0.15, 0.2) is 134 Å². The zero-order chi connectivity index (χ0) is 69.5. The summed E-state index contributed by atoms with van der Waals surface area (Å²) in [4.78, 5) is 87.1. The van der Waals surface area contributed by atoms with E-state index < -0.39 is 145 Å². The Morgan fingerprint density at radius 2 is 1.09 bits per heavy atom. The van der Waals surface area contributed by atoms with Gasteiger partial charge in [0.25, 0.3) is 16.7 Å². The Kier molecular flexibility index (Phi) is 39.9. The number of aromatic amines is 3. The number of esters is 1. The minimum atomic E-state index is -4.39. The van der Waals surface area contributed by atoms with Crippen molar-refractivity contribution in [1.82, 2.24) is 33.7 Å². The van der Waals surface area contributed by atoms with E-state index in [1.54, 1.807) is 53.0 Å². The maximum absolute atomic E-state index is 15.1. The molecule has 3 aliphatic rings. The van der Waals surface area contributed by atoms with Crippen molar-refractivity contribution in [2.75, 3.05) is 13.2 Å². The summed E-state index contributed by atoms with van der Waals surface area (Å²) in [5.74, 6) is -1.02. The third-order valence-corrected chi connectivity index (χ3v) is 115. The fraction of sp³-hybridized carbons (Fsp3) is 0.490. The van der Waals surface area contributed by atoms with E-state index in [4.69, 9.17) is 28.0 Å². The number of carbonyl (C=O) groups excluding carboxylic acids is 1. The number of aromatic nitrogens is 6. The number of benzene rings is 1. The number of aliphatic hydroxyl groups is 3. The Bertz CT molecular complexity index is 3420. The van der Waals surface area contributed by atoms with E-state index in [1.807, 2.05) is 16.9 Å². The van der Waals surface area contributed by atoms with Crippen LogP contribution < -0.4 is 43.4 Å². The number of H-pyrrole nitrogens is 3. The number of halogens is 3. The van der Waals surface area contributed by atoms with Gasteiger partial charge in [-0.05, 0) is 74.3 Å². The lowest BCUT2D eigenvalue weighted by Crippen LogP contribution is -2.45. The molecule has 0 radical (unpaired) electrons. The molecule has 6 heterocycles. The van der Waals surface area contributed by atoms with Gasteiger partial charge in [0.05, 0.1) is 24.9 Å². The maximum Gasteiger partial charge on any atom is 0.459 e. The molecule has 25 atom stereocenters. The quantitative estimate of drug-likeness (QED) is 0.0195. The van der Waals surface area contributed by atoms with E-state index in [-0.39, 0.29) is 69.5 Å². The molecular formula is C49H85F3N7O17P18-. The van der Waals surface area contributed by atoms with Crippen LogP contribution >= 0.6 is 145 Å². The van der Waals surface area contributed by atoms with E-state index in [9.17, 15) is 62.2 Å². The summed E-state index contributed by atoms with van der Waals surface area (Å²) in [6.07, 6.45) is -6.04. The minimum Gasteiger partial charge on any atom is -0.471 e. The maximum atomic E-state index is 15.1. The van der Waals surface area contributed by atoms with E-state index in [2.05, 4.69) is 110 Å². The summed E-state index contributed by atoms with van der Waals surface area (Å²) >= 11 is 0. The molecule has 1 aromatic carbocycles. The number of hydrogen-bond acceptors (Lipinski definition) is 17. The van der Waals surface area contributed by atoms with E-state index in [1.165, 1.54) is 31.3 Å². The zero-order valence-corrected chi connectivity index (χ0v) is 68.4. The lowest BCUT2D eigenvalue weighted by molar-refractivity contribution is -0.149. The molecule has 0 aliphatic carbocycles. The SMILES string of the molecule is C.C.C=C[C@]1(CC)O[C@@H](n2ccc(=O)[nH]c2=O)[C@H](F)[C@@H]1C.C=C[C@]1(CO)O[C@@H](n2ccc(=O)[nH]c2=O)[C@H](F)[C@@H]1O.C=C[C@]1(COP(=O)(N[C@@H](C)C(=O)OC(C)C)Oc2ccccc2)O[C@@H](n2ccc(=O)[nH]c2=O)[C@H](F)[C@@H]1O.P[P-]P(P(P)P)P(P(P)P)P(P(P)P)P(P)P. The van der Waals surface area contributed by atoms with Crippen LogP contribution in [0.4, 0.5) is 13.2 Å². The highest BCUT2D eigenvalue weighted by Gasteiger charge is 2.57. The van der Waals surface area contributed by atoms with Gasteiger partial charge in [0.15, 0.2) is 37.2 Å². The molecular weight excluding hydrogens is 1570 g/mol. The summed E-state index contributed by atoms with van der Waals surface area (Å²) in [6.45, 7) is 18.2. The van der Waals surface area contributed by atoms with Crippen molar-refractivity contribution in [1.29, 1.82) is 0 Å². The molecule has 12 unspecified atom stereocenters. The third kappa shape index (κ3) is 23.4. The van der Waals surface area contributed by atoms with Crippen molar-refractivity contribution >= 4 is 151 Å². The summed E-state index contributed by atoms with van der Waals surface area (Å²) in [6, 6.07) is 9.95. The molecule has 94 heavy (non-hydrogen) atoms. The second-order valence-electron chi connectivity index (χ2n) is 20.0. The van der Waals surface area contributed by atoms with Crippen molar-refractivity contribution in [3.63, 3.8) is 0 Å². The molecule has 530 valence electrons. The standard InChI is InChI=1S/C23H29FN3O9P.C13H17FN2O3.C11H13FN2O5.2CH4.H18P17/c1-5-23(19(29)18(24)20(35-23)27-12-11-17(28)25-22(27)31)13-33-37(32,36-16-9-7-6-8-10-16)26-15(4)21(30)34-14(2)3;1-4-13(5-2)8(3)10(14)11(19-13)16-7-6-9(17)15-12(16)18;1-2-11(5-15)8(17)7(12)9(19-11)14-4-3-6(16)13-10(14)18;;;1-10-15(11(2)3)17(14(8)9)16(12(4)5)13(6)7/h5-12,14-15,18-20,29H,1,13H2,2-4H3,(H,26,32)(H,25,28,31);4,6-8,10-11H,1,5H2,2-3H3,(H,15,17,18);2-4,7-9,15,17H,1,5H2,(H,13,16,18);2*1H4;1-9H2/q;;;;;-1/t15-,18+,19-,20+,23+,37?;8-,10+,11+,13+;7-,8+,9-,11-;;;/m001.../s1. The lowest BCUT2D eigenvalue weighted by Gasteiger charge is -2.48. The average molecular weight is 1660 g/mol. The molecule has 7 rings (SSSR count). The van der Waals surface area contributed by atoms with Crippen molar-refractivity contribution in [2.24, 2.45) is 5.92 Å². The first-order valence-electron chi connectivity index (χ1n) is 26.8. The molecule has 0 bridgehead atoms. The first-order valence-corrected chi connectivity index (χ1v) is 58.1. The normalized spacial score (nSPS) is 27.2. The first kappa shape index (κ1) is 90.8. The predicted molar refractivity (Wildman–Crippen MR) is 417 cm³/mol. The fourth-order valence-electron chi connectivity index (χ4n) is 8.77. The fourth-order valence-corrected chi connectivity index (χ4v) is 194. The highest BCUT2D eigenvalue weighted by molar-refractivity contribution is 9.31. The second kappa shape index (κ2) is 41.3. The van der Waals surface area contributed by atoms with Gasteiger partial charge in [-0.3, -0.25) is 61.3 Å². The molecule has 3 fully saturated rings. The van der Waals surface area contributed by atoms with E-state index in [0.29, 0.717) is 6.42 Å². The number of rotatable bonds is 24. The van der Waals surface area contributed by atoms with E-state index in [0.717, 1.165) is 50.4 Å². The Morgan fingerprint density at radius 3 is 1.41 bits per heavy atom. The number of carbonyl (C=O) groups is 1. The number of nitrogens with one attached hydrogen (secondary N) is 4. The smallest absolute Gasteiger partial charge is 0.459 e. The van der Waals surface area contributed by atoms with Gasteiger partial charge in [0.2, 0.25) is 0 Å². The van der Waals surface area contributed by atoms with Crippen LogP contribution in [-0.4, -0.2) is 123 Å². The van der Waals surface area contributed by atoms with Gasteiger partial charge in [-0.25, -0.2) is 32.1 Å². The number of alkyl halides is 3. The molecule has 0 spiro atoms. The van der Waals surface area contributed by atoms with Crippen LogP contribution in [0.5, 0.6) is 5.75 Å². The number of ether oxygens (including phenoxy) is 4. The van der Waals surface area contributed by atoms with Crippen LogP contribution in [0.3, 0.4) is 0 Å². The van der Waals surface area contributed by atoms with Gasteiger partial charge in [-0.15, -0.1) is 91.2 Å². The Morgan fingerprint density at radius 1 is 0.691 bits per heavy atom. The van der Waals surface area contributed by atoms with Crippen LogP contribution in [0.25, 0.3) is 0 Å². The monoisotopic (exact) mass is 1660 g/mol. The summed E-state index contributed by atoms with van der Waals surface area (Å²) in [5.41, 5.74) is -8.83. The number of hydrogen-bond donors (Lipinski definition) is 7. The first-order chi connectivity index (χ1) is 43.0. The van der Waals surface area contributed by atoms with Gasteiger partial charge in [-0.2, -0.15) is 12.1 Å². The van der Waals surface area contributed by atoms with Gasteiger partial charge in [0.1, 0.15) is 35.2 Å². The van der Waals surface area contributed by atoms with Gasteiger partial charge in [-0.1, -0.05) is 72.1 Å². The van der Waals surface area contributed by atoms with Crippen molar-refractivity contribution < 1.29 is 65.8 Å². The van der Waals surface area contributed by atoms with Crippen LogP contribution in [-0.2, 0) is 32.8 Å². The van der Waals surface area contributed by atoms with Crippen LogP contribution in [0, 0.1) is 5.92 Å². The number of nitrogens with zero attached hydrogens (tertiary/aromatic N) is 3. The molecule has 45 heteroatoms. The van der Waals surface area contributed by atoms with Crippen molar-refractivity contribution in [2.45, 2.75) is 134 Å². The number of para-hydroxylation sites is 1. The molecule has 0 amide bonds. The molecule has 24 nitrogen and oxygen atoms in total. The van der Waals surface area contributed by atoms with Gasteiger partial charge >= 0.3 is 30.8 Å². The van der Waals surface area contributed by atoms with Crippen LogP contribution in [0.1, 0.15) is 74.6 Å². The zero-order valence-electron chi connectivity index (χ0n) is 49.9. The summed E-state index contributed by atoms with van der Waals surface area (Å²) in [7, 11) is 25.0. The van der Waals surface area contributed by atoms with Gasteiger partial charge < -0.3 is 46.7 Å². The minimum absolute atomic E-state index is 0. The topological polar surface area (TPSA) is 327 Å². The molecule has 0 saturated carbocycles. The lowest BCUT2D eigenvalue weighted by atomic mass is 9.85. The largest absolute Gasteiger partial charge is 0.471 e. The highest BCUT2D eigenvalue weighted by atomic mass is 33.4. The predicted octanol–water partition coefficient (Wildman–Crippen LogP) is 13.0. The Labute approximate surface area is 573 Å². The average Bonchev–Trinajstić information content (AvgIpc) is 1.92. The highest BCUT2D eigenvalue weighted by Crippen LogP contribution is 3.25. The second-order valence-corrected chi connectivity index (χ2v) is 85.2. The molecule has 3 saturated heterocycles. The number of aliphatic hydroxyl groups excluding tert-OH is 3. The summed E-state index contributed by atoms with van der Waals surface area (Å²) < 4.78 is 92.7.